The molecule has 1 amide bonds. The van der Waals surface area contributed by atoms with Crippen LogP contribution in [0, 0.1) is 0 Å². The number of benzene rings is 1. The maximum Gasteiger partial charge on any atom is 0.432 e. The van der Waals surface area contributed by atoms with Crippen LogP contribution in [0.3, 0.4) is 0 Å². The molecular formula is C18H20F3N3O2. The van der Waals surface area contributed by atoms with Crippen LogP contribution in [0.4, 0.5) is 13.2 Å². The molecule has 1 aliphatic rings. The van der Waals surface area contributed by atoms with E-state index in [-0.39, 0.29) is 17.7 Å². The van der Waals surface area contributed by atoms with Gasteiger partial charge in [-0.05, 0) is 37.5 Å². The Morgan fingerprint density at radius 1 is 1.35 bits per heavy atom. The van der Waals surface area contributed by atoms with Gasteiger partial charge in [-0.1, -0.05) is 12.1 Å². The Bertz CT molecular complexity index is 767. The Balaban J connectivity index is 1.73. The first-order valence-corrected chi connectivity index (χ1v) is 8.44. The van der Waals surface area contributed by atoms with E-state index in [1.54, 1.807) is 36.2 Å². The highest BCUT2D eigenvalue weighted by Crippen LogP contribution is 2.30. The van der Waals surface area contributed by atoms with Gasteiger partial charge in [0.2, 0.25) is 0 Å². The first-order valence-electron chi connectivity index (χ1n) is 8.44. The number of ether oxygens (including phenoxy) is 1. The second-order valence-corrected chi connectivity index (χ2v) is 6.42. The highest BCUT2D eigenvalue weighted by atomic mass is 19.4. The zero-order valence-electron chi connectivity index (χ0n) is 14.3. The normalized spacial score (nSPS) is 17.9. The third kappa shape index (κ3) is 4.24. The van der Waals surface area contributed by atoms with Gasteiger partial charge >= 0.3 is 6.18 Å². The van der Waals surface area contributed by atoms with E-state index in [1.165, 1.54) is 0 Å². The molecule has 1 aromatic heterocycles. The topological polar surface area (TPSA) is 58.2 Å². The maximum atomic E-state index is 12.7. The molecule has 8 heteroatoms. The fraction of sp³-hybridized carbons (Fsp3) is 0.444. The summed E-state index contributed by atoms with van der Waals surface area (Å²) < 4.78 is 43.8. The first-order chi connectivity index (χ1) is 12.3. The molecule has 26 heavy (non-hydrogen) atoms. The number of aromatic nitrogens is 2. The second kappa shape index (κ2) is 7.49. The molecule has 0 spiro atoms. The smallest absolute Gasteiger partial charge is 0.376 e. The summed E-state index contributed by atoms with van der Waals surface area (Å²) in [6.07, 6.45) is -1.41. The molecule has 0 bridgehead atoms. The first kappa shape index (κ1) is 18.4. The van der Waals surface area contributed by atoms with Crippen LogP contribution in [0.15, 0.2) is 30.3 Å². The lowest BCUT2D eigenvalue weighted by Crippen LogP contribution is -2.37. The van der Waals surface area contributed by atoms with Crippen molar-refractivity contribution in [3.8, 4) is 11.3 Å². The lowest BCUT2D eigenvalue weighted by molar-refractivity contribution is -0.141. The van der Waals surface area contributed by atoms with Gasteiger partial charge in [0.25, 0.3) is 5.91 Å². The van der Waals surface area contributed by atoms with Crippen molar-refractivity contribution >= 4 is 5.91 Å². The van der Waals surface area contributed by atoms with Crippen molar-refractivity contribution in [2.75, 3.05) is 20.2 Å². The molecule has 0 saturated carbocycles. The number of H-pyrrole nitrogens is 1. The molecular weight excluding hydrogens is 347 g/mol. The van der Waals surface area contributed by atoms with Crippen molar-refractivity contribution in [1.29, 1.82) is 0 Å². The molecule has 0 radical (unpaired) electrons. The lowest BCUT2D eigenvalue weighted by Gasteiger charge is -2.27. The zero-order valence-corrected chi connectivity index (χ0v) is 14.3. The van der Waals surface area contributed by atoms with Crippen molar-refractivity contribution in [2.24, 2.45) is 0 Å². The SMILES string of the molecule is CN(CC1CCCCO1)C(=O)c1cccc(-c2cc(C(F)(F)F)[nH]n2)c1. The lowest BCUT2D eigenvalue weighted by atomic mass is 10.1. The molecule has 0 aliphatic carbocycles. The second-order valence-electron chi connectivity index (χ2n) is 6.42. The Morgan fingerprint density at radius 2 is 2.15 bits per heavy atom. The highest BCUT2D eigenvalue weighted by molar-refractivity contribution is 5.95. The predicted molar refractivity (Wildman–Crippen MR) is 89.6 cm³/mol. The zero-order chi connectivity index (χ0) is 18.7. The average Bonchev–Trinajstić information content (AvgIpc) is 3.12. The molecule has 2 aromatic rings. The molecule has 1 aliphatic heterocycles. The van der Waals surface area contributed by atoms with E-state index >= 15 is 0 Å². The number of nitrogens with zero attached hydrogens (tertiary/aromatic N) is 2. The van der Waals surface area contributed by atoms with Crippen molar-refractivity contribution in [3.05, 3.63) is 41.6 Å². The standard InChI is InChI=1S/C18H20F3N3O2/c1-24(11-14-7-2-3-8-26-14)17(25)13-6-4-5-12(9-13)15-10-16(23-22-15)18(19,20)21/h4-6,9-10,14H,2-3,7-8,11H2,1H3,(H,22,23). The number of carbonyl (C=O) groups excluding carboxylic acids is 1. The van der Waals surface area contributed by atoms with E-state index in [1.807, 2.05) is 5.10 Å². The fourth-order valence-electron chi connectivity index (χ4n) is 2.99. The number of likely N-dealkylation sites (N-methyl/N-ethyl adjacent to an activating group) is 1. The van der Waals surface area contributed by atoms with Gasteiger partial charge in [-0.2, -0.15) is 18.3 Å². The molecule has 3 rings (SSSR count). The summed E-state index contributed by atoms with van der Waals surface area (Å²) in [5.41, 5.74) is 0.0725. The minimum absolute atomic E-state index is 0.0292. The van der Waals surface area contributed by atoms with Crippen LogP contribution in [0.2, 0.25) is 0 Å². The number of rotatable bonds is 4. The summed E-state index contributed by atoms with van der Waals surface area (Å²) in [4.78, 5) is 14.2. The molecule has 1 unspecified atom stereocenters. The van der Waals surface area contributed by atoms with Gasteiger partial charge in [0.1, 0.15) is 5.69 Å². The number of alkyl halides is 3. The maximum absolute atomic E-state index is 12.7. The fourth-order valence-corrected chi connectivity index (χ4v) is 2.99. The van der Waals surface area contributed by atoms with Gasteiger partial charge < -0.3 is 9.64 Å². The van der Waals surface area contributed by atoms with Crippen LogP contribution >= 0.6 is 0 Å². The molecule has 1 fully saturated rings. The number of hydrogen-bond donors (Lipinski definition) is 1. The summed E-state index contributed by atoms with van der Waals surface area (Å²) in [5, 5.41) is 5.68. The molecule has 2 heterocycles. The van der Waals surface area contributed by atoms with E-state index in [2.05, 4.69) is 5.10 Å². The van der Waals surface area contributed by atoms with Crippen LogP contribution in [-0.4, -0.2) is 47.3 Å². The Hall–Kier alpha value is -2.35. The van der Waals surface area contributed by atoms with Crippen molar-refractivity contribution in [3.63, 3.8) is 0 Å². The number of hydrogen-bond acceptors (Lipinski definition) is 3. The van der Waals surface area contributed by atoms with Crippen LogP contribution in [-0.2, 0) is 10.9 Å². The monoisotopic (exact) mass is 367 g/mol. The van der Waals surface area contributed by atoms with Gasteiger partial charge in [-0.15, -0.1) is 0 Å². The van der Waals surface area contributed by atoms with Gasteiger partial charge in [-0.3, -0.25) is 9.89 Å². The number of nitrogens with one attached hydrogen (secondary N) is 1. The van der Waals surface area contributed by atoms with E-state index in [9.17, 15) is 18.0 Å². The molecule has 5 nitrogen and oxygen atoms in total. The van der Waals surface area contributed by atoms with Gasteiger partial charge in [0, 0.05) is 31.3 Å². The average molecular weight is 367 g/mol. The number of halogens is 3. The molecule has 1 aromatic carbocycles. The summed E-state index contributed by atoms with van der Waals surface area (Å²) in [6.45, 7) is 1.20. The minimum atomic E-state index is -4.49. The van der Waals surface area contributed by atoms with E-state index < -0.39 is 11.9 Å². The predicted octanol–water partition coefficient (Wildman–Crippen LogP) is 3.74. The minimum Gasteiger partial charge on any atom is -0.376 e. The van der Waals surface area contributed by atoms with Gasteiger partial charge in [-0.25, -0.2) is 0 Å². The third-order valence-electron chi connectivity index (χ3n) is 4.39. The molecule has 1 atom stereocenters. The highest BCUT2D eigenvalue weighted by Gasteiger charge is 2.33. The van der Waals surface area contributed by atoms with Crippen LogP contribution in [0.1, 0.15) is 35.3 Å². The number of amides is 1. The van der Waals surface area contributed by atoms with Crippen molar-refractivity contribution < 1.29 is 22.7 Å². The molecule has 1 N–H and O–H groups in total. The summed E-state index contributed by atoms with van der Waals surface area (Å²) >= 11 is 0. The van der Waals surface area contributed by atoms with Crippen LogP contribution < -0.4 is 0 Å². The molecule has 1 saturated heterocycles. The van der Waals surface area contributed by atoms with E-state index in [0.717, 1.165) is 25.3 Å². The van der Waals surface area contributed by atoms with E-state index in [0.29, 0.717) is 24.3 Å². The number of aromatic amines is 1. The Kier molecular flexibility index (Phi) is 5.31. The Labute approximate surface area is 149 Å². The summed E-state index contributed by atoms with van der Waals surface area (Å²) in [6, 6.07) is 7.38. The largest absolute Gasteiger partial charge is 0.432 e. The third-order valence-corrected chi connectivity index (χ3v) is 4.39. The molecule has 140 valence electrons. The van der Waals surface area contributed by atoms with Crippen molar-refractivity contribution in [2.45, 2.75) is 31.5 Å². The Morgan fingerprint density at radius 3 is 2.81 bits per heavy atom. The van der Waals surface area contributed by atoms with Crippen LogP contribution in [0.25, 0.3) is 11.3 Å². The summed E-state index contributed by atoms with van der Waals surface area (Å²) in [5.74, 6) is -0.201. The summed E-state index contributed by atoms with van der Waals surface area (Å²) in [7, 11) is 1.70. The van der Waals surface area contributed by atoms with Gasteiger partial charge in [0.05, 0.1) is 11.8 Å². The van der Waals surface area contributed by atoms with Crippen LogP contribution in [0.5, 0.6) is 0 Å². The number of carbonyl (C=O) groups is 1. The van der Waals surface area contributed by atoms with Crippen molar-refractivity contribution in [1.82, 2.24) is 15.1 Å². The van der Waals surface area contributed by atoms with Gasteiger partial charge in [0.15, 0.2) is 0 Å². The quantitative estimate of drug-likeness (QED) is 0.896. The van der Waals surface area contributed by atoms with E-state index in [4.69, 9.17) is 4.74 Å².